The van der Waals surface area contributed by atoms with E-state index >= 15 is 0 Å². The Hall–Kier alpha value is -3.69. The summed E-state index contributed by atoms with van der Waals surface area (Å²) in [5.41, 5.74) is 2.77. The van der Waals surface area contributed by atoms with Crippen molar-refractivity contribution in [1.82, 2.24) is 20.1 Å². The molecule has 0 radical (unpaired) electrons. The first-order valence-electron chi connectivity index (χ1n) is 13.4. The number of hydrogen-bond donors (Lipinski definition) is 2. The fourth-order valence-electron chi connectivity index (χ4n) is 5.52. The Morgan fingerprint density at radius 3 is 2.33 bits per heavy atom. The standard InChI is InChI=1S/C29H31F3N4O3/c30-29(31,32)22-12-13-24(34-16-22)36-17-23(27(35-36)20-8-9-20)26(18-4-2-1-3-5-18)19-6-10-21(11-7-19)28(39)33-15-14-25(37)38/h6-7,10-13,16-18,20,26H,1-5,8-9,14-15H2,(H,33,39)(H,37,38). The van der Waals surface area contributed by atoms with Crippen LogP contribution < -0.4 is 5.32 Å². The number of carboxylic acid groups (broad SMARTS) is 1. The molecule has 2 aliphatic carbocycles. The molecule has 2 N–H and O–H groups in total. The highest BCUT2D eigenvalue weighted by Gasteiger charge is 2.36. The van der Waals surface area contributed by atoms with Gasteiger partial charge in [0.25, 0.3) is 5.91 Å². The number of nitrogens with zero attached hydrogens (tertiary/aromatic N) is 3. The Labute approximate surface area is 224 Å². The molecule has 1 aromatic carbocycles. The van der Waals surface area contributed by atoms with Gasteiger partial charge < -0.3 is 10.4 Å². The van der Waals surface area contributed by atoms with E-state index in [1.165, 1.54) is 12.5 Å². The van der Waals surface area contributed by atoms with E-state index in [4.69, 9.17) is 10.2 Å². The smallest absolute Gasteiger partial charge is 0.417 e. The van der Waals surface area contributed by atoms with Crippen LogP contribution in [0.5, 0.6) is 0 Å². The van der Waals surface area contributed by atoms with Crippen molar-refractivity contribution in [3.05, 3.63) is 76.7 Å². The second-order valence-electron chi connectivity index (χ2n) is 10.5. The summed E-state index contributed by atoms with van der Waals surface area (Å²) in [4.78, 5) is 27.3. The summed E-state index contributed by atoms with van der Waals surface area (Å²) in [6.07, 6.45) is 5.82. The predicted octanol–water partition coefficient (Wildman–Crippen LogP) is 6.08. The van der Waals surface area contributed by atoms with Crippen LogP contribution in [-0.4, -0.2) is 38.3 Å². The number of halogens is 3. The lowest BCUT2D eigenvalue weighted by atomic mass is 9.73. The lowest BCUT2D eigenvalue weighted by Crippen LogP contribution is -2.26. The third-order valence-electron chi connectivity index (χ3n) is 7.66. The first-order valence-corrected chi connectivity index (χ1v) is 13.4. The van der Waals surface area contributed by atoms with Crippen LogP contribution >= 0.6 is 0 Å². The predicted molar refractivity (Wildman–Crippen MR) is 138 cm³/mol. The minimum atomic E-state index is -4.45. The van der Waals surface area contributed by atoms with Crippen LogP contribution in [0.4, 0.5) is 13.2 Å². The highest BCUT2D eigenvalue weighted by molar-refractivity contribution is 5.94. The number of nitrogens with one attached hydrogen (secondary N) is 1. The van der Waals surface area contributed by atoms with Crippen LogP contribution in [0.25, 0.3) is 5.82 Å². The SMILES string of the molecule is O=C(O)CCNC(=O)c1ccc(C(c2cn(-c3ccc(C(F)(F)F)cn3)nc2C2CC2)C2CCCCC2)cc1. The van der Waals surface area contributed by atoms with Gasteiger partial charge in [-0.2, -0.15) is 18.3 Å². The van der Waals surface area contributed by atoms with Crippen LogP contribution in [0.3, 0.4) is 0 Å². The highest BCUT2D eigenvalue weighted by atomic mass is 19.4. The molecule has 1 unspecified atom stereocenters. The molecule has 0 saturated heterocycles. The summed E-state index contributed by atoms with van der Waals surface area (Å²) in [7, 11) is 0. The van der Waals surface area contributed by atoms with Crippen LogP contribution in [0.15, 0.2) is 48.8 Å². The van der Waals surface area contributed by atoms with Crippen molar-refractivity contribution in [2.24, 2.45) is 5.92 Å². The molecule has 2 fully saturated rings. The van der Waals surface area contributed by atoms with Crippen molar-refractivity contribution in [2.45, 2.75) is 69.4 Å². The molecular weight excluding hydrogens is 509 g/mol. The maximum atomic E-state index is 13.1. The molecule has 2 aliphatic rings. The molecule has 2 aromatic heterocycles. The number of alkyl halides is 3. The topological polar surface area (TPSA) is 97.1 Å². The molecule has 1 atom stereocenters. The summed E-state index contributed by atoms with van der Waals surface area (Å²) in [5, 5.41) is 16.3. The van der Waals surface area contributed by atoms with Gasteiger partial charge in [0, 0.05) is 41.9 Å². The van der Waals surface area contributed by atoms with Crippen molar-refractivity contribution in [3.8, 4) is 5.82 Å². The number of amides is 1. The zero-order chi connectivity index (χ0) is 27.6. The van der Waals surface area contributed by atoms with E-state index in [0.717, 1.165) is 67.6 Å². The summed E-state index contributed by atoms with van der Waals surface area (Å²) in [5.74, 6) is -0.220. The van der Waals surface area contributed by atoms with Crippen molar-refractivity contribution in [3.63, 3.8) is 0 Å². The van der Waals surface area contributed by atoms with Gasteiger partial charge in [-0.3, -0.25) is 9.59 Å². The highest BCUT2D eigenvalue weighted by Crippen LogP contribution is 2.48. The second-order valence-corrected chi connectivity index (χ2v) is 10.5. The first-order chi connectivity index (χ1) is 18.7. The molecule has 7 nitrogen and oxygen atoms in total. The number of rotatable bonds is 9. The van der Waals surface area contributed by atoms with Gasteiger partial charge in [-0.1, -0.05) is 31.4 Å². The van der Waals surface area contributed by atoms with Crippen LogP contribution in [-0.2, 0) is 11.0 Å². The molecule has 39 heavy (non-hydrogen) atoms. The fourth-order valence-corrected chi connectivity index (χ4v) is 5.52. The van der Waals surface area contributed by atoms with E-state index in [9.17, 15) is 22.8 Å². The lowest BCUT2D eigenvalue weighted by Gasteiger charge is -2.31. The Morgan fingerprint density at radius 2 is 1.74 bits per heavy atom. The maximum absolute atomic E-state index is 13.1. The number of aliphatic carboxylic acids is 1. The Balaban J connectivity index is 1.47. The number of pyridine rings is 1. The van der Waals surface area contributed by atoms with E-state index < -0.39 is 17.7 Å². The van der Waals surface area contributed by atoms with E-state index in [2.05, 4.69) is 10.3 Å². The average molecular weight is 541 g/mol. The third-order valence-corrected chi connectivity index (χ3v) is 7.66. The van der Waals surface area contributed by atoms with E-state index in [1.807, 2.05) is 18.3 Å². The summed E-state index contributed by atoms with van der Waals surface area (Å²) >= 11 is 0. The molecule has 1 amide bonds. The normalized spacial score (nSPS) is 17.1. The van der Waals surface area contributed by atoms with Gasteiger partial charge in [0.05, 0.1) is 17.7 Å². The minimum absolute atomic E-state index is 0.0354. The maximum Gasteiger partial charge on any atom is 0.417 e. The summed E-state index contributed by atoms with van der Waals surface area (Å²) in [6, 6.07) is 9.81. The van der Waals surface area contributed by atoms with Crippen molar-refractivity contribution >= 4 is 11.9 Å². The van der Waals surface area contributed by atoms with Gasteiger partial charge >= 0.3 is 12.1 Å². The van der Waals surface area contributed by atoms with Gasteiger partial charge in [0.2, 0.25) is 0 Å². The molecule has 10 heteroatoms. The van der Waals surface area contributed by atoms with Crippen LogP contribution in [0.2, 0.25) is 0 Å². The molecule has 0 spiro atoms. The fraction of sp³-hybridized carbons (Fsp3) is 0.448. The third kappa shape index (κ3) is 6.32. The van der Waals surface area contributed by atoms with Crippen LogP contribution in [0, 0.1) is 5.92 Å². The number of benzene rings is 1. The summed E-state index contributed by atoms with van der Waals surface area (Å²) < 4.78 is 40.8. The number of carbonyl (C=O) groups is 2. The average Bonchev–Trinajstić information content (AvgIpc) is 3.68. The van der Waals surface area contributed by atoms with Gasteiger partial charge in [-0.25, -0.2) is 9.67 Å². The van der Waals surface area contributed by atoms with Gasteiger partial charge in [0.1, 0.15) is 0 Å². The van der Waals surface area contributed by atoms with Crippen molar-refractivity contribution in [1.29, 1.82) is 0 Å². The molecule has 2 saturated carbocycles. The van der Waals surface area contributed by atoms with Crippen molar-refractivity contribution in [2.75, 3.05) is 6.54 Å². The zero-order valence-corrected chi connectivity index (χ0v) is 21.5. The monoisotopic (exact) mass is 540 g/mol. The Kier molecular flexibility index (Phi) is 7.72. The van der Waals surface area contributed by atoms with Gasteiger partial charge in [-0.15, -0.1) is 0 Å². The van der Waals surface area contributed by atoms with Gasteiger partial charge in [0.15, 0.2) is 5.82 Å². The first kappa shape index (κ1) is 26.9. The Morgan fingerprint density at radius 1 is 1.03 bits per heavy atom. The zero-order valence-electron chi connectivity index (χ0n) is 21.5. The van der Waals surface area contributed by atoms with E-state index in [0.29, 0.717) is 23.2 Å². The molecule has 2 heterocycles. The van der Waals surface area contributed by atoms with E-state index in [-0.39, 0.29) is 24.8 Å². The number of carboxylic acids is 1. The molecule has 0 bridgehead atoms. The second kappa shape index (κ2) is 11.2. The largest absolute Gasteiger partial charge is 0.481 e. The number of aromatic nitrogens is 3. The number of carbonyl (C=O) groups excluding carboxylic acids is 1. The molecule has 3 aromatic rings. The molecule has 5 rings (SSSR count). The molecule has 0 aliphatic heterocycles. The lowest BCUT2D eigenvalue weighted by molar-refractivity contribution is -0.138. The van der Waals surface area contributed by atoms with Crippen molar-refractivity contribution < 1.29 is 27.9 Å². The van der Waals surface area contributed by atoms with Gasteiger partial charge in [-0.05, 0) is 61.4 Å². The Bertz CT molecular complexity index is 1310. The molecular formula is C29H31F3N4O3. The molecule has 206 valence electrons. The number of hydrogen-bond acceptors (Lipinski definition) is 4. The minimum Gasteiger partial charge on any atom is -0.481 e. The summed E-state index contributed by atoms with van der Waals surface area (Å²) in [6.45, 7) is 0.0581. The van der Waals surface area contributed by atoms with Crippen LogP contribution in [0.1, 0.15) is 95.9 Å². The quantitative estimate of drug-likeness (QED) is 0.343. The van der Waals surface area contributed by atoms with E-state index in [1.54, 1.807) is 16.8 Å².